The molecule has 1 heterocycles. The molecule has 0 unspecified atom stereocenters. The summed E-state index contributed by atoms with van der Waals surface area (Å²) < 4.78 is 0.156. The van der Waals surface area contributed by atoms with Crippen LogP contribution in [0.5, 0.6) is 5.75 Å². The smallest absolute Gasteiger partial charge is 0.285 e. The standard InChI is InChI=1S/C18H11Cl3N2O3S2/c1-8-2-3-10(11(19)4-8)16(25)22-23-17(26)14(28-18(23)27)7-9-5-12(20)15(24)13(21)6-9/h2-7,24H,1H3,(H,22,25)/b14-7-. The highest BCUT2D eigenvalue weighted by Gasteiger charge is 2.34. The Balaban J connectivity index is 1.83. The Morgan fingerprint density at radius 1 is 1.18 bits per heavy atom. The number of thioether (sulfide) groups is 1. The number of aromatic hydroxyl groups is 1. The lowest BCUT2D eigenvalue weighted by atomic mass is 10.1. The fourth-order valence-electron chi connectivity index (χ4n) is 2.35. The van der Waals surface area contributed by atoms with Crippen molar-refractivity contribution in [1.82, 2.24) is 10.4 Å². The van der Waals surface area contributed by atoms with Crippen LogP contribution >= 0.6 is 58.8 Å². The summed E-state index contributed by atoms with van der Waals surface area (Å²) in [7, 11) is 0. The van der Waals surface area contributed by atoms with Crippen LogP contribution in [0.3, 0.4) is 0 Å². The molecular weight excluding hydrogens is 463 g/mol. The van der Waals surface area contributed by atoms with Crippen molar-refractivity contribution in [2.45, 2.75) is 6.92 Å². The van der Waals surface area contributed by atoms with E-state index in [-0.39, 0.29) is 35.6 Å². The molecule has 144 valence electrons. The normalized spacial score (nSPS) is 15.4. The lowest BCUT2D eigenvalue weighted by molar-refractivity contribution is -0.123. The quantitative estimate of drug-likeness (QED) is 0.473. The summed E-state index contributed by atoms with van der Waals surface area (Å²) in [6, 6.07) is 7.88. The third-order valence-corrected chi connectivity index (χ3v) is 5.90. The molecule has 1 fully saturated rings. The Bertz CT molecular complexity index is 1030. The molecule has 5 nitrogen and oxygen atoms in total. The van der Waals surface area contributed by atoms with E-state index in [1.165, 1.54) is 18.2 Å². The maximum atomic E-state index is 12.6. The predicted molar refractivity (Wildman–Crippen MR) is 117 cm³/mol. The third-order valence-electron chi connectivity index (χ3n) is 3.71. The Kier molecular flexibility index (Phi) is 6.21. The number of hydrogen-bond acceptors (Lipinski definition) is 5. The van der Waals surface area contributed by atoms with Gasteiger partial charge in [0.2, 0.25) is 0 Å². The van der Waals surface area contributed by atoms with Crippen LogP contribution < -0.4 is 5.43 Å². The zero-order chi connectivity index (χ0) is 20.6. The van der Waals surface area contributed by atoms with E-state index < -0.39 is 11.8 Å². The highest BCUT2D eigenvalue weighted by atomic mass is 35.5. The van der Waals surface area contributed by atoms with Crippen LogP contribution in [-0.4, -0.2) is 26.3 Å². The van der Waals surface area contributed by atoms with Crippen LogP contribution in [0.1, 0.15) is 21.5 Å². The maximum absolute atomic E-state index is 12.6. The van der Waals surface area contributed by atoms with Crippen molar-refractivity contribution in [2.75, 3.05) is 0 Å². The van der Waals surface area contributed by atoms with Crippen molar-refractivity contribution in [3.8, 4) is 5.75 Å². The molecule has 2 aromatic carbocycles. The van der Waals surface area contributed by atoms with Crippen molar-refractivity contribution in [1.29, 1.82) is 0 Å². The number of aryl methyl sites for hydroxylation is 1. The average Bonchev–Trinajstić information content (AvgIpc) is 2.87. The minimum absolute atomic E-state index is 0.0524. The molecule has 3 rings (SSSR count). The molecule has 0 aromatic heterocycles. The van der Waals surface area contributed by atoms with Gasteiger partial charge in [-0.3, -0.25) is 15.0 Å². The number of nitrogens with zero attached hydrogens (tertiary/aromatic N) is 1. The zero-order valence-electron chi connectivity index (χ0n) is 14.1. The number of thiocarbonyl (C=S) groups is 1. The molecule has 10 heteroatoms. The van der Waals surface area contributed by atoms with E-state index in [1.807, 2.05) is 6.92 Å². The van der Waals surface area contributed by atoms with E-state index in [1.54, 1.807) is 18.2 Å². The molecule has 2 amide bonds. The number of phenols is 1. The number of hydrogen-bond donors (Lipinski definition) is 2. The Hall–Kier alpha value is -1.77. The van der Waals surface area contributed by atoms with Gasteiger partial charge in [0.15, 0.2) is 10.1 Å². The predicted octanol–water partition coefficient (Wildman–Crippen LogP) is 5.21. The van der Waals surface area contributed by atoms with Crippen LogP contribution in [0, 0.1) is 6.92 Å². The number of carbonyl (C=O) groups excluding carboxylic acids is 2. The average molecular weight is 474 g/mol. The summed E-state index contributed by atoms with van der Waals surface area (Å²) in [4.78, 5) is 25.4. The van der Waals surface area contributed by atoms with Gasteiger partial charge in [-0.05, 0) is 60.6 Å². The number of halogens is 3. The largest absolute Gasteiger partial charge is 0.505 e. The van der Waals surface area contributed by atoms with E-state index in [9.17, 15) is 14.7 Å². The van der Waals surface area contributed by atoms with Crippen molar-refractivity contribution >= 4 is 81.0 Å². The van der Waals surface area contributed by atoms with Gasteiger partial charge < -0.3 is 5.11 Å². The summed E-state index contributed by atoms with van der Waals surface area (Å²) in [5.74, 6) is -1.31. The van der Waals surface area contributed by atoms with Gasteiger partial charge in [-0.15, -0.1) is 0 Å². The Morgan fingerprint density at radius 2 is 1.82 bits per heavy atom. The van der Waals surface area contributed by atoms with E-state index >= 15 is 0 Å². The number of hydrazine groups is 1. The molecule has 0 aliphatic carbocycles. The molecule has 0 atom stereocenters. The highest BCUT2D eigenvalue weighted by molar-refractivity contribution is 8.26. The first-order valence-corrected chi connectivity index (χ1v) is 10.1. The lowest BCUT2D eigenvalue weighted by Gasteiger charge is -2.16. The highest BCUT2D eigenvalue weighted by Crippen LogP contribution is 2.36. The Morgan fingerprint density at radius 3 is 2.43 bits per heavy atom. The number of nitrogens with one attached hydrogen (secondary N) is 1. The van der Waals surface area contributed by atoms with E-state index in [0.29, 0.717) is 5.56 Å². The van der Waals surface area contributed by atoms with Gasteiger partial charge in [-0.2, -0.15) is 5.01 Å². The molecule has 2 N–H and O–H groups in total. The summed E-state index contributed by atoms with van der Waals surface area (Å²) in [6.45, 7) is 1.85. The maximum Gasteiger partial charge on any atom is 0.285 e. The van der Waals surface area contributed by atoms with Crippen LogP contribution in [0.15, 0.2) is 35.2 Å². The molecule has 2 aromatic rings. The molecule has 1 aliphatic heterocycles. The fraction of sp³-hybridized carbons (Fsp3) is 0.0556. The monoisotopic (exact) mass is 472 g/mol. The fourth-order valence-corrected chi connectivity index (χ4v) is 4.35. The molecule has 0 radical (unpaired) electrons. The lowest BCUT2D eigenvalue weighted by Crippen LogP contribution is -2.44. The van der Waals surface area contributed by atoms with Gasteiger partial charge in [-0.1, -0.05) is 52.6 Å². The number of amides is 2. The SMILES string of the molecule is Cc1ccc(C(=O)NN2C(=O)/C(=C/c3cc(Cl)c(O)c(Cl)c3)SC2=S)c(Cl)c1. The topological polar surface area (TPSA) is 69.6 Å². The summed E-state index contributed by atoms with van der Waals surface area (Å²) >= 11 is 24.1. The number of benzene rings is 2. The molecule has 0 saturated carbocycles. The van der Waals surface area contributed by atoms with Crippen molar-refractivity contribution in [2.24, 2.45) is 0 Å². The minimum atomic E-state index is -0.557. The van der Waals surface area contributed by atoms with Gasteiger partial charge in [-0.25, -0.2) is 0 Å². The van der Waals surface area contributed by atoms with Gasteiger partial charge in [0.1, 0.15) is 0 Å². The van der Waals surface area contributed by atoms with Crippen LogP contribution in [0.4, 0.5) is 0 Å². The van der Waals surface area contributed by atoms with Gasteiger partial charge in [0, 0.05) is 0 Å². The summed E-state index contributed by atoms with van der Waals surface area (Å²) in [5.41, 5.74) is 4.10. The molecule has 28 heavy (non-hydrogen) atoms. The second-order valence-electron chi connectivity index (χ2n) is 5.77. The second-order valence-corrected chi connectivity index (χ2v) is 8.67. The van der Waals surface area contributed by atoms with Gasteiger partial charge in [0.05, 0.1) is 25.5 Å². The van der Waals surface area contributed by atoms with Crippen molar-refractivity contribution in [3.05, 3.63) is 67.0 Å². The van der Waals surface area contributed by atoms with Gasteiger partial charge in [0.25, 0.3) is 11.8 Å². The molecule has 0 spiro atoms. The second kappa shape index (κ2) is 8.31. The van der Waals surface area contributed by atoms with Crippen LogP contribution in [0.2, 0.25) is 15.1 Å². The van der Waals surface area contributed by atoms with E-state index in [0.717, 1.165) is 22.3 Å². The first-order valence-electron chi connectivity index (χ1n) is 7.70. The summed E-state index contributed by atoms with van der Waals surface area (Å²) in [5, 5.41) is 11.0. The number of carbonyl (C=O) groups is 2. The van der Waals surface area contributed by atoms with E-state index in [4.69, 9.17) is 47.0 Å². The third kappa shape index (κ3) is 4.29. The first kappa shape index (κ1) is 21.0. The first-order chi connectivity index (χ1) is 13.2. The molecule has 0 bridgehead atoms. The number of phenolic OH excluding ortho intramolecular Hbond substituents is 1. The summed E-state index contributed by atoms with van der Waals surface area (Å²) in [6.07, 6.45) is 1.52. The minimum Gasteiger partial charge on any atom is -0.505 e. The molecule has 1 aliphatic rings. The number of rotatable bonds is 3. The van der Waals surface area contributed by atoms with Crippen molar-refractivity contribution < 1.29 is 14.7 Å². The van der Waals surface area contributed by atoms with Crippen LogP contribution in [0.25, 0.3) is 6.08 Å². The van der Waals surface area contributed by atoms with Crippen molar-refractivity contribution in [3.63, 3.8) is 0 Å². The van der Waals surface area contributed by atoms with E-state index in [2.05, 4.69) is 5.43 Å². The van der Waals surface area contributed by atoms with Crippen LogP contribution in [-0.2, 0) is 4.79 Å². The molecule has 1 saturated heterocycles. The zero-order valence-corrected chi connectivity index (χ0v) is 18.0. The van der Waals surface area contributed by atoms with Gasteiger partial charge >= 0.3 is 0 Å². The molecular formula is C18H11Cl3N2O3S2. The Labute approximate surface area is 185 Å².